The molecular formula is C11H11BrN4OS. The van der Waals surface area contributed by atoms with Crippen LogP contribution in [0.15, 0.2) is 44.9 Å². The number of ether oxygens (including phenoxy) is 1. The van der Waals surface area contributed by atoms with Gasteiger partial charge in [-0.1, -0.05) is 23.9 Å². The van der Waals surface area contributed by atoms with E-state index in [1.54, 1.807) is 13.3 Å². The Kier molecular flexibility index (Phi) is 4.40. The van der Waals surface area contributed by atoms with E-state index in [9.17, 15) is 0 Å². The van der Waals surface area contributed by atoms with Crippen molar-refractivity contribution >= 4 is 33.6 Å². The Hall–Kier alpha value is -1.31. The van der Waals surface area contributed by atoms with Crippen molar-refractivity contribution in [1.29, 1.82) is 0 Å². The number of para-hydroxylation sites is 1. The van der Waals surface area contributed by atoms with E-state index >= 15 is 0 Å². The number of methoxy groups -OCH3 is 1. The zero-order valence-corrected chi connectivity index (χ0v) is 12.0. The van der Waals surface area contributed by atoms with Crippen molar-refractivity contribution in [2.45, 2.75) is 9.92 Å². The quantitative estimate of drug-likeness (QED) is 0.511. The van der Waals surface area contributed by atoms with Gasteiger partial charge in [0.25, 0.3) is 0 Å². The maximum Gasteiger partial charge on any atom is 0.238 e. The highest BCUT2D eigenvalue weighted by molar-refractivity contribution is 9.10. The van der Waals surface area contributed by atoms with Gasteiger partial charge in [0.1, 0.15) is 10.8 Å². The van der Waals surface area contributed by atoms with Crippen LogP contribution in [0.1, 0.15) is 0 Å². The van der Waals surface area contributed by atoms with Crippen LogP contribution in [0.25, 0.3) is 0 Å². The predicted molar refractivity (Wildman–Crippen MR) is 74.7 cm³/mol. The van der Waals surface area contributed by atoms with Crippen molar-refractivity contribution < 1.29 is 4.74 Å². The Balaban J connectivity index is 2.33. The highest BCUT2D eigenvalue weighted by atomic mass is 79.9. The Labute approximate surface area is 117 Å². The first-order valence-corrected chi connectivity index (χ1v) is 6.65. The molecule has 0 bridgehead atoms. The lowest BCUT2D eigenvalue weighted by Crippen LogP contribution is -2.10. The third kappa shape index (κ3) is 2.92. The Morgan fingerprint density at radius 1 is 1.39 bits per heavy atom. The van der Waals surface area contributed by atoms with Gasteiger partial charge in [0, 0.05) is 6.20 Å². The minimum Gasteiger partial charge on any atom is -0.496 e. The molecule has 0 aliphatic carbocycles. The molecule has 94 valence electrons. The van der Waals surface area contributed by atoms with Crippen LogP contribution in [0.5, 0.6) is 5.75 Å². The van der Waals surface area contributed by atoms with Gasteiger partial charge in [-0.25, -0.2) is 15.8 Å². The van der Waals surface area contributed by atoms with Gasteiger partial charge in [-0.2, -0.15) is 0 Å². The minimum absolute atomic E-state index is 0.371. The van der Waals surface area contributed by atoms with Gasteiger partial charge in [-0.3, -0.25) is 5.43 Å². The van der Waals surface area contributed by atoms with E-state index in [0.29, 0.717) is 5.95 Å². The monoisotopic (exact) mass is 326 g/mol. The number of hydrogen-bond acceptors (Lipinski definition) is 6. The van der Waals surface area contributed by atoms with E-state index in [0.717, 1.165) is 20.1 Å². The molecule has 0 radical (unpaired) electrons. The lowest BCUT2D eigenvalue weighted by molar-refractivity contribution is 0.405. The van der Waals surface area contributed by atoms with Crippen molar-refractivity contribution in [1.82, 2.24) is 9.97 Å². The lowest BCUT2D eigenvalue weighted by Gasteiger charge is -2.08. The van der Waals surface area contributed by atoms with E-state index in [2.05, 4.69) is 31.3 Å². The Morgan fingerprint density at radius 2 is 2.17 bits per heavy atom. The van der Waals surface area contributed by atoms with E-state index in [4.69, 9.17) is 10.6 Å². The molecule has 0 aliphatic heterocycles. The molecule has 5 nitrogen and oxygen atoms in total. The summed E-state index contributed by atoms with van der Waals surface area (Å²) in [5.74, 6) is 6.47. The average Bonchev–Trinajstić information content (AvgIpc) is 2.42. The number of benzene rings is 1. The molecule has 0 fully saturated rings. The molecular weight excluding hydrogens is 316 g/mol. The molecule has 0 spiro atoms. The summed E-state index contributed by atoms with van der Waals surface area (Å²) in [6, 6.07) is 7.74. The number of aromatic nitrogens is 2. The van der Waals surface area contributed by atoms with Crippen LogP contribution in [-0.4, -0.2) is 17.1 Å². The fourth-order valence-corrected chi connectivity index (χ4v) is 2.62. The van der Waals surface area contributed by atoms with E-state index in [1.165, 1.54) is 11.8 Å². The molecule has 2 aromatic rings. The number of nitrogens with zero attached hydrogens (tertiary/aromatic N) is 2. The summed E-state index contributed by atoms with van der Waals surface area (Å²) in [5.41, 5.74) is 2.42. The largest absolute Gasteiger partial charge is 0.496 e. The molecule has 1 aromatic heterocycles. The normalized spacial score (nSPS) is 10.2. The summed E-state index contributed by atoms with van der Waals surface area (Å²) < 4.78 is 6.10. The Morgan fingerprint density at radius 3 is 2.89 bits per heavy atom. The zero-order valence-electron chi connectivity index (χ0n) is 9.55. The van der Waals surface area contributed by atoms with Crippen LogP contribution in [0.2, 0.25) is 0 Å². The van der Waals surface area contributed by atoms with Crippen LogP contribution < -0.4 is 16.0 Å². The first kappa shape index (κ1) is 13.1. The molecule has 0 saturated heterocycles. The molecule has 3 N–H and O–H groups in total. The van der Waals surface area contributed by atoms with Gasteiger partial charge in [0.15, 0.2) is 0 Å². The minimum atomic E-state index is 0.371. The van der Waals surface area contributed by atoms with E-state index in [-0.39, 0.29) is 0 Å². The van der Waals surface area contributed by atoms with Crippen molar-refractivity contribution in [3.63, 3.8) is 0 Å². The molecule has 0 amide bonds. The van der Waals surface area contributed by atoms with Crippen molar-refractivity contribution in [3.8, 4) is 5.75 Å². The van der Waals surface area contributed by atoms with Gasteiger partial charge in [-0.15, -0.1) is 0 Å². The maximum atomic E-state index is 5.29. The van der Waals surface area contributed by atoms with Crippen molar-refractivity contribution in [2.24, 2.45) is 5.84 Å². The van der Waals surface area contributed by atoms with Crippen LogP contribution in [0.3, 0.4) is 0 Å². The topological polar surface area (TPSA) is 73.1 Å². The SMILES string of the molecule is COc1ccccc1Sc1nc(NN)ncc1Br. The summed E-state index contributed by atoms with van der Waals surface area (Å²) in [5, 5.41) is 0.766. The van der Waals surface area contributed by atoms with Crippen molar-refractivity contribution in [3.05, 3.63) is 34.9 Å². The second-order valence-corrected chi connectivity index (χ2v) is 5.13. The summed E-state index contributed by atoms with van der Waals surface area (Å²) in [4.78, 5) is 9.25. The van der Waals surface area contributed by atoms with Crippen LogP contribution in [0, 0.1) is 0 Å². The lowest BCUT2D eigenvalue weighted by atomic mass is 10.3. The molecule has 7 heteroatoms. The summed E-state index contributed by atoms with van der Waals surface area (Å²) in [6.07, 6.45) is 1.65. The van der Waals surface area contributed by atoms with Crippen molar-refractivity contribution in [2.75, 3.05) is 12.5 Å². The predicted octanol–water partition coefficient (Wildman–Crippen LogP) is 2.68. The van der Waals surface area contributed by atoms with Gasteiger partial charge >= 0.3 is 0 Å². The van der Waals surface area contributed by atoms with Gasteiger partial charge in [0.05, 0.1) is 16.5 Å². The van der Waals surface area contributed by atoms with E-state index in [1.807, 2.05) is 24.3 Å². The molecule has 18 heavy (non-hydrogen) atoms. The van der Waals surface area contributed by atoms with Gasteiger partial charge < -0.3 is 4.74 Å². The second-order valence-electron chi connectivity index (χ2n) is 3.24. The average molecular weight is 327 g/mol. The molecule has 1 aromatic carbocycles. The zero-order chi connectivity index (χ0) is 13.0. The third-order valence-corrected chi connectivity index (χ3v) is 4.02. The molecule has 0 aliphatic rings. The van der Waals surface area contributed by atoms with Crippen LogP contribution in [0.4, 0.5) is 5.95 Å². The Bertz CT molecular complexity index is 552. The summed E-state index contributed by atoms with van der Waals surface area (Å²) in [6.45, 7) is 0. The number of hydrazine groups is 1. The number of nitrogens with one attached hydrogen (secondary N) is 1. The number of nitrogen functional groups attached to an aromatic ring is 1. The fourth-order valence-electron chi connectivity index (χ4n) is 1.30. The van der Waals surface area contributed by atoms with Gasteiger partial charge in [0.2, 0.25) is 5.95 Å². The number of halogens is 1. The molecule has 0 unspecified atom stereocenters. The molecule has 0 atom stereocenters. The standard InChI is InChI=1S/C11H11BrN4OS/c1-17-8-4-2-3-5-9(8)18-10-7(12)6-14-11(15-10)16-13/h2-6H,13H2,1H3,(H,14,15,16). The first-order valence-electron chi connectivity index (χ1n) is 5.04. The molecule has 2 rings (SSSR count). The van der Waals surface area contributed by atoms with Crippen LogP contribution >= 0.6 is 27.7 Å². The highest BCUT2D eigenvalue weighted by Crippen LogP contribution is 2.37. The maximum absolute atomic E-state index is 5.29. The summed E-state index contributed by atoms with van der Waals surface area (Å²) >= 11 is 4.88. The second kappa shape index (κ2) is 6.03. The number of nitrogens with two attached hydrogens (primary N) is 1. The smallest absolute Gasteiger partial charge is 0.238 e. The fraction of sp³-hybridized carbons (Fsp3) is 0.0909. The number of rotatable bonds is 4. The van der Waals surface area contributed by atoms with Crippen LogP contribution in [-0.2, 0) is 0 Å². The van der Waals surface area contributed by atoms with Gasteiger partial charge in [-0.05, 0) is 28.1 Å². The first-order chi connectivity index (χ1) is 8.74. The number of hydrogen-bond donors (Lipinski definition) is 2. The highest BCUT2D eigenvalue weighted by Gasteiger charge is 2.09. The molecule has 1 heterocycles. The summed E-state index contributed by atoms with van der Waals surface area (Å²) in [7, 11) is 1.64. The van der Waals surface area contributed by atoms with E-state index < -0.39 is 0 Å². The number of anilines is 1. The molecule has 0 saturated carbocycles. The third-order valence-electron chi connectivity index (χ3n) is 2.12.